The predicted molar refractivity (Wildman–Crippen MR) is 138 cm³/mol. The van der Waals surface area contributed by atoms with Crippen molar-refractivity contribution in [3.8, 4) is 0 Å². The van der Waals surface area contributed by atoms with E-state index in [0.29, 0.717) is 31.0 Å². The van der Waals surface area contributed by atoms with Gasteiger partial charge in [0.25, 0.3) is 0 Å². The van der Waals surface area contributed by atoms with E-state index in [1.807, 2.05) is 18.2 Å². The van der Waals surface area contributed by atoms with Gasteiger partial charge >= 0.3 is 6.03 Å². The van der Waals surface area contributed by atoms with Gasteiger partial charge in [-0.3, -0.25) is 9.69 Å². The summed E-state index contributed by atoms with van der Waals surface area (Å²) in [7, 11) is 2.13. The van der Waals surface area contributed by atoms with Crippen LogP contribution in [0.15, 0.2) is 48.5 Å². The SMILES string of the molecule is CN1CCN(CCNC(=O)Nc2ccc(C(=O)/C=C/c3cccc(N4CCOCC4)n3)cc2)CC1. The zero-order valence-corrected chi connectivity index (χ0v) is 20.3. The van der Waals surface area contributed by atoms with Gasteiger partial charge in [-0.2, -0.15) is 0 Å². The molecule has 0 bridgehead atoms. The Kier molecular flexibility index (Phi) is 8.83. The Bertz CT molecular complexity index is 1010. The summed E-state index contributed by atoms with van der Waals surface area (Å²) in [4.78, 5) is 36.3. The van der Waals surface area contributed by atoms with Crippen LogP contribution in [0.3, 0.4) is 0 Å². The van der Waals surface area contributed by atoms with E-state index in [1.165, 1.54) is 6.08 Å². The topological polar surface area (TPSA) is 90.0 Å². The van der Waals surface area contributed by atoms with E-state index in [9.17, 15) is 9.59 Å². The average Bonchev–Trinajstić information content (AvgIpc) is 2.89. The highest BCUT2D eigenvalue weighted by Gasteiger charge is 2.14. The molecule has 3 heterocycles. The second kappa shape index (κ2) is 12.4. The van der Waals surface area contributed by atoms with Gasteiger partial charge in [-0.1, -0.05) is 6.07 Å². The number of carbonyl (C=O) groups is 2. The van der Waals surface area contributed by atoms with Crippen LogP contribution < -0.4 is 15.5 Å². The second-order valence-electron chi connectivity index (χ2n) is 8.82. The molecule has 0 spiro atoms. The van der Waals surface area contributed by atoms with Gasteiger partial charge in [-0.15, -0.1) is 0 Å². The molecule has 1 aromatic heterocycles. The van der Waals surface area contributed by atoms with Gasteiger partial charge in [0.2, 0.25) is 0 Å². The fourth-order valence-corrected chi connectivity index (χ4v) is 4.05. The molecule has 9 heteroatoms. The number of ether oxygens (including phenoxy) is 1. The normalized spacial score (nSPS) is 17.5. The van der Waals surface area contributed by atoms with E-state index in [-0.39, 0.29) is 11.8 Å². The molecule has 2 aliphatic rings. The minimum atomic E-state index is -0.246. The lowest BCUT2D eigenvalue weighted by Crippen LogP contribution is -2.47. The molecule has 0 saturated carbocycles. The van der Waals surface area contributed by atoms with Crippen molar-refractivity contribution in [2.75, 3.05) is 82.8 Å². The number of amides is 2. The maximum Gasteiger partial charge on any atom is 0.319 e. The number of nitrogens with one attached hydrogen (secondary N) is 2. The maximum absolute atomic E-state index is 12.6. The number of pyridine rings is 1. The summed E-state index contributed by atoms with van der Waals surface area (Å²) in [6.45, 7) is 8.63. The highest BCUT2D eigenvalue weighted by Crippen LogP contribution is 2.15. The highest BCUT2D eigenvalue weighted by molar-refractivity contribution is 6.07. The number of carbonyl (C=O) groups excluding carboxylic acids is 2. The third kappa shape index (κ3) is 7.61. The van der Waals surface area contributed by atoms with Crippen molar-refractivity contribution < 1.29 is 14.3 Å². The number of hydrogen-bond donors (Lipinski definition) is 2. The van der Waals surface area contributed by atoms with Crippen molar-refractivity contribution in [3.05, 3.63) is 59.8 Å². The number of morpholine rings is 1. The zero-order chi connectivity index (χ0) is 24.5. The molecular weight excluding hydrogens is 444 g/mol. The van der Waals surface area contributed by atoms with Crippen molar-refractivity contribution in [1.29, 1.82) is 0 Å². The van der Waals surface area contributed by atoms with Gasteiger partial charge in [-0.05, 0) is 55.6 Å². The average molecular weight is 479 g/mol. The molecule has 0 radical (unpaired) electrons. The van der Waals surface area contributed by atoms with Crippen LogP contribution >= 0.6 is 0 Å². The van der Waals surface area contributed by atoms with E-state index >= 15 is 0 Å². The van der Waals surface area contributed by atoms with Gasteiger partial charge in [0.1, 0.15) is 5.82 Å². The Morgan fingerprint density at radius 3 is 2.49 bits per heavy atom. The number of aromatic nitrogens is 1. The molecule has 2 fully saturated rings. The summed E-state index contributed by atoms with van der Waals surface area (Å²) >= 11 is 0. The van der Waals surface area contributed by atoms with E-state index in [1.54, 1.807) is 30.3 Å². The van der Waals surface area contributed by atoms with Crippen LogP contribution in [-0.4, -0.2) is 99.2 Å². The predicted octanol–water partition coefficient (Wildman–Crippen LogP) is 2.18. The first-order valence-electron chi connectivity index (χ1n) is 12.1. The number of hydrogen-bond acceptors (Lipinski definition) is 7. The van der Waals surface area contributed by atoms with Crippen LogP contribution in [0.2, 0.25) is 0 Å². The third-order valence-corrected chi connectivity index (χ3v) is 6.23. The largest absolute Gasteiger partial charge is 0.378 e. The Morgan fingerprint density at radius 2 is 1.74 bits per heavy atom. The first kappa shape index (κ1) is 24.8. The quantitative estimate of drug-likeness (QED) is 0.444. The summed E-state index contributed by atoms with van der Waals surface area (Å²) < 4.78 is 5.39. The van der Waals surface area contributed by atoms with Crippen LogP contribution in [0.4, 0.5) is 16.3 Å². The van der Waals surface area contributed by atoms with Crippen LogP contribution in [0.25, 0.3) is 6.08 Å². The molecule has 186 valence electrons. The van der Waals surface area contributed by atoms with Crippen molar-refractivity contribution in [2.45, 2.75) is 0 Å². The standard InChI is InChI=1S/C26H34N6O3/c1-30-13-15-31(16-14-30)12-11-27-26(34)29-23-7-5-21(6-8-23)24(33)10-9-22-3-2-4-25(28-22)32-17-19-35-20-18-32/h2-10H,11-20H2,1H3,(H2,27,29,34)/b10-9+. The Balaban J connectivity index is 1.23. The minimum absolute atomic E-state index is 0.119. The monoisotopic (exact) mass is 478 g/mol. The molecule has 0 atom stereocenters. The first-order chi connectivity index (χ1) is 17.1. The molecule has 2 aliphatic heterocycles. The summed E-state index contributed by atoms with van der Waals surface area (Å²) in [6.07, 6.45) is 3.26. The highest BCUT2D eigenvalue weighted by atomic mass is 16.5. The molecule has 35 heavy (non-hydrogen) atoms. The number of urea groups is 1. The summed E-state index contributed by atoms with van der Waals surface area (Å²) in [5.74, 6) is 0.770. The van der Waals surface area contributed by atoms with E-state index < -0.39 is 0 Å². The third-order valence-electron chi connectivity index (χ3n) is 6.23. The van der Waals surface area contributed by atoms with Gasteiger partial charge in [0.15, 0.2) is 5.78 Å². The van der Waals surface area contributed by atoms with Gasteiger partial charge in [0.05, 0.1) is 18.9 Å². The van der Waals surface area contributed by atoms with Gasteiger partial charge in [0, 0.05) is 63.6 Å². The smallest absolute Gasteiger partial charge is 0.319 e. The van der Waals surface area contributed by atoms with Crippen LogP contribution in [-0.2, 0) is 4.74 Å². The summed E-state index contributed by atoms with van der Waals surface area (Å²) in [5, 5.41) is 5.71. The molecule has 2 aromatic rings. The number of benzene rings is 1. The number of allylic oxidation sites excluding steroid dienone is 1. The van der Waals surface area contributed by atoms with Crippen LogP contribution in [0.5, 0.6) is 0 Å². The first-order valence-corrected chi connectivity index (χ1v) is 12.1. The molecule has 0 aliphatic carbocycles. The molecule has 9 nitrogen and oxygen atoms in total. The second-order valence-corrected chi connectivity index (χ2v) is 8.82. The van der Waals surface area contributed by atoms with E-state index in [2.05, 4.69) is 37.4 Å². The van der Waals surface area contributed by atoms with Gasteiger partial charge < -0.3 is 25.2 Å². The number of piperazine rings is 1. The Labute approximate surface area is 206 Å². The molecule has 2 N–H and O–H groups in total. The van der Waals surface area contributed by atoms with Crippen LogP contribution in [0, 0.1) is 0 Å². The van der Waals surface area contributed by atoms with Crippen LogP contribution in [0.1, 0.15) is 16.1 Å². The summed E-state index contributed by atoms with van der Waals surface area (Å²) in [6, 6.07) is 12.4. The fourth-order valence-electron chi connectivity index (χ4n) is 4.05. The lowest BCUT2D eigenvalue weighted by atomic mass is 10.1. The molecule has 4 rings (SSSR count). The molecule has 1 aromatic carbocycles. The lowest BCUT2D eigenvalue weighted by molar-refractivity contribution is 0.104. The van der Waals surface area contributed by atoms with Crippen molar-refractivity contribution >= 4 is 29.4 Å². The summed E-state index contributed by atoms with van der Waals surface area (Å²) in [5.41, 5.74) is 1.92. The number of rotatable bonds is 8. The zero-order valence-electron chi connectivity index (χ0n) is 20.3. The molecule has 0 unspecified atom stereocenters. The molecular formula is C26H34N6O3. The number of ketones is 1. The fraction of sp³-hybridized carbons (Fsp3) is 0.423. The number of anilines is 2. The maximum atomic E-state index is 12.6. The number of nitrogens with zero attached hydrogens (tertiary/aromatic N) is 4. The van der Waals surface area contributed by atoms with Crippen molar-refractivity contribution in [3.63, 3.8) is 0 Å². The van der Waals surface area contributed by atoms with E-state index in [0.717, 1.165) is 57.3 Å². The molecule has 2 amide bonds. The van der Waals surface area contributed by atoms with Crippen molar-refractivity contribution in [1.82, 2.24) is 20.1 Å². The Morgan fingerprint density at radius 1 is 1.00 bits per heavy atom. The molecule has 2 saturated heterocycles. The van der Waals surface area contributed by atoms with Crippen molar-refractivity contribution in [2.24, 2.45) is 0 Å². The van der Waals surface area contributed by atoms with Gasteiger partial charge in [-0.25, -0.2) is 9.78 Å². The minimum Gasteiger partial charge on any atom is -0.378 e. The van der Waals surface area contributed by atoms with E-state index in [4.69, 9.17) is 4.74 Å². The number of likely N-dealkylation sites (N-methyl/N-ethyl adjacent to an activating group) is 1. The lowest BCUT2D eigenvalue weighted by Gasteiger charge is -2.32. The Hall–Kier alpha value is -3.27.